The van der Waals surface area contributed by atoms with E-state index in [0.29, 0.717) is 5.92 Å². The van der Waals surface area contributed by atoms with E-state index in [2.05, 4.69) is 17.3 Å². The Labute approximate surface area is 89.3 Å². The van der Waals surface area contributed by atoms with Gasteiger partial charge in [0.2, 0.25) is 0 Å². The molecule has 0 saturated heterocycles. The van der Waals surface area contributed by atoms with Gasteiger partial charge in [-0.3, -0.25) is 0 Å². The predicted molar refractivity (Wildman–Crippen MR) is 59.8 cm³/mol. The lowest BCUT2D eigenvalue weighted by Crippen LogP contribution is -2.03. The predicted octanol–water partition coefficient (Wildman–Crippen LogP) is 3.88. The van der Waals surface area contributed by atoms with Gasteiger partial charge in [-0.05, 0) is 25.0 Å². The lowest BCUT2D eigenvalue weighted by molar-refractivity contribution is 0.326. The van der Waals surface area contributed by atoms with Crippen molar-refractivity contribution in [2.45, 2.75) is 38.0 Å². The first kappa shape index (κ1) is 8.96. The highest BCUT2D eigenvalue weighted by Gasteiger charge is 2.21. The second-order valence-electron chi connectivity index (χ2n) is 4.40. The van der Waals surface area contributed by atoms with Crippen LogP contribution >= 0.6 is 0 Å². The summed E-state index contributed by atoms with van der Waals surface area (Å²) < 4.78 is 5.50. The highest BCUT2D eigenvalue weighted by Crippen LogP contribution is 2.36. The molecule has 1 aromatic carbocycles. The zero-order valence-corrected chi connectivity index (χ0v) is 8.78. The first-order valence-corrected chi connectivity index (χ1v) is 5.79. The summed E-state index contributed by atoms with van der Waals surface area (Å²) in [7, 11) is 0. The summed E-state index contributed by atoms with van der Waals surface area (Å²) in [5.41, 5.74) is 0.998. The largest absolute Gasteiger partial charge is 0.360 e. The molecule has 1 saturated carbocycles. The van der Waals surface area contributed by atoms with Gasteiger partial charge in [0.05, 0.1) is 0 Å². The molecule has 0 aliphatic heterocycles. The fourth-order valence-corrected chi connectivity index (χ4v) is 2.57. The Kier molecular flexibility index (Phi) is 2.20. The number of rotatable bonds is 1. The molecule has 0 amide bonds. The van der Waals surface area contributed by atoms with Gasteiger partial charge in [0.25, 0.3) is 0 Å². The van der Waals surface area contributed by atoms with Gasteiger partial charge >= 0.3 is 0 Å². The number of benzene rings is 1. The molecule has 1 aliphatic carbocycles. The monoisotopic (exact) mass is 201 g/mol. The number of hydrogen-bond donors (Lipinski definition) is 0. The van der Waals surface area contributed by atoms with Gasteiger partial charge in [-0.25, -0.2) is 0 Å². The molecule has 2 heteroatoms. The van der Waals surface area contributed by atoms with Crippen molar-refractivity contribution in [3.63, 3.8) is 0 Å². The van der Waals surface area contributed by atoms with Crippen LogP contribution in [0.3, 0.4) is 0 Å². The van der Waals surface area contributed by atoms with Crippen LogP contribution in [0, 0.1) is 0 Å². The Hall–Kier alpha value is -1.31. The standard InChI is InChI=1S/C13H15NO/c1-2-6-10(7-3-1)13-11-8-4-5-9-12(11)14-15-13/h4-5,8-10H,1-3,6-7H2. The normalized spacial score (nSPS) is 18.4. The molecule has 0 bridgehead atoms. The fraction of sp³-hybridized carbons (Fsp3) is 0.462. The minimum absolute atomic E-state index is 0.603. The average Bonchev–Trinajstić information content (AvgIpc) is 2.74. The molecule has 15 heavy (non-hydrogen) atoms. The molecule has 1 heterocycles. The van der Waals surface area contributed by atoms with E-state index in [1.54, 1.807) is 0 Å². The maximum Gasteiger partial charge on any atom is 0.147 e. The molecule has 1 aromatic heterocycles. The van der Waals surface area contributed by atoms with E-state index in [1.807, 2.05) is 12.1 Å². The molecule has 0 spiro atoms. The van der Waals surface area contributed by atoms with Gasteiger partial charge in [0.15, 0.2) is 0 Å². The smallest absolute Gasteiger partial charge is 0.147 e. The van der Waals surface area contributed by atoms with Crippen molar-refractivity contribution in [2.24, 2.45) is 0 Å². The molecule has 1 aliphatic rings. The van der Waals surface area contributed by atoms with Gasteiger partial charge < -0.3 is 4.52 Å². The minimum Gasteiger partial charge on any atom is -0.360 e. The quantitative estimate of drug-likeness (QED) is 0.699. The van der Waals surface area contributed by atoms with E-state index in [4.69, 9.17) is 4.52 Å². The first-order valence-electron chi connectivity index (χ1n) is 5.79. The molecule has 3 rings (SSSR count). The maximum absolute atomic E-state index is 5.50. The number of nitrogens with zero attached hydrogens (tertiary/aromatic N) is 1. The van der Waals surface area contributed by atoms with Gasteiger partial charge in [0, 0.05) is 11.3 Å². The lowest BCUT2D eigenvalue weighted by Gasteiger charge is -2.18. The summed E-state index contributed by atoms with van der Waals surface area (Å²) in [5.74, 6) is 1.72. The Morgan fingerprint density at radius 2 is 1.87 bits per heavy atom. The summed E-state index contributed by atoms with van der Waals surface area (Å²) in [6.45, 7) is 0. The van der Waals surface area contributed by atoms with Crippen LogP contribution in [0.1, 0.15) is 43.8 Å². The third-order valence-corrected chi connectivity index (χ3v) is 3.39. The molecule has 0 unspecified atom stereocenters. The number of fused-ring (bicyclic) bond motifs is 1. The van der Waals surface area contributed by atoms with Crippen molar-refractivity contribution >= 4 is 10.9 Å². The molecule has 0 N–H and O–H groups in total. The van der Waals surface area contributed by atoms with Crippen molar-refractivity contribution in [3.05, 3.63) is 30.0 Å². The first-order chi connectivity index (χ1) is 7.45. The van der Waals surface area contributed by atoms with Gasteiger partial charge in [-0.2, -0.15) is 0 Å². The summed E-state index contributed by atoms with van der Waals surface area (Å²) >= 11 is 0. The van der Waals surface area contributed by atoms with Crippen LogP contribution in [-0.4, -0.2) is 5.16 Å². The van der Waals surface area contributed by atoms with Crippen LogP contribution < -0.4 is 0 Å². The molecule has 1 fully saturated rings. The second kappa shape index (κ2) is 3.69. The molecular formula is C13H15NO. The SMILES string of the molecule is c1ccc2c(C3CCCCC3)onc2c1. The summed E-state index contributed by atoms with van der Waals surface area (Å²) in [6.07, 6.45) is 6.57. The Balaban J connectivity index is 2.02. The van der Waals surface area contributed by atoms with Crippen molar-refractivity contribution in [1.29, 1.82) is 0 Å². The van der Waals surface area contributed by atoms with Crippen molar-refractivity contribution < 1.29 is 4.52 Å². The summed E-state index contributed by atoms with van der Waals surface area (Å²) in [6, 6.07) is 8.21. The van der Waals surface area contributed by atoms with Gasteiger partial charge in [0.1, 0.15) is 11.3 Å². The van der Waals surface area contributed by atoms with Crippen LogP contribution in [0.25, 0.3) is 10.9 Å². The second-order valence-corrected chi connectivity index (χ2v) is 4.40. The molecule has 2 nitrogen and oxygen atoms in total. The van der Waals surface area contributed by atoms with E-state index >= 15 is 0 Å². The number of aromatic nitrogens is 1. The molecule has 78 valence electrons. The van der Waals surface area contributed by atoms with Crippen LogP contribution in [0.5, 0.6) is 0 Å². The van der Waals surface area contributed by atoms with E-state index < -0.39 is 0 Å². The number of hydrogen-bond acceptors (Lipinski definition) is 2. The molecule has 0 radical (unpaired) electrons. The van der Waals surface area contributed by atoms with Crippen LogP contribution in [0.4, 0.5) is 0 Å². The maximum atomic E-state index is 5.50. The Morgan fingerprint density at radius 3 is 2.73 bits per heavy atom. The fourth-order valence-electron chi connectivity index (χ4n) is 2.57. The van der Waals surface area contributed by atoms with E-state index in [9.17, 15) is 0 Å². The third-order valence-electron chi connectivity index (χ3n) is 3.39. The topological polar surface area (TPSA) is 26.0 Å². The average molecular weight is 201 g/mol. The van der Waals surface area contributed by atoms with Crippen LogP contribution in [0.15, 0.2) is 28.8 Å². The lowest BCUT2D eigenvalue weighted by atomic mass is 9.86. The van der Waals surface area contributed by atoms with Crippen LogP contribution in [0.2, 0.25) is 0 Å². The van der Waals surface area contributed by atoms with E-state index in [0.717, 1.165) is 11.3 Å². The minimum atomic E-state index is 0.603. The molecular weight excluding hydrogens is 186 g/mol. The van der Waals surface area contributed by atoms with Gasteiger partial charge in [-0.15, -0.1) is 0 Å². The van der Waals surface area contributed by atoms with Crippen molar-refractivity contribution in [2.75, 3.05) is 0 Å². The van der Waals surface area contributed by atoms with E-state index in [1.165, 1.54) is 37.5 Å². The highest BCUT2D eigenvalue weighted by atomic mass is 16.5. The third kappa shape index (κ3) is 1.54. The van der Waals surface area contributed by atoms with Crippen molar-refractivity contribution in [1.82, 2.24) is 5.16 Å². The van der Waals surface area contributed by atoms with Crippen LogP contribution in [-0.2, 0) is 0 Å². The molecule has 0 atom stereocenters. The summed E-state index contributed by atoms with van der Waals surface area (Å²) in [5, 5.41) is 5.33. The Bertz CT molecular complexity index is 454. The van der Waals surface area contributed by atoms with E-state index in [-0.39, 0.29) is 0 Å². The van der Waals surface area contributed by atoms with Gasteiger partial charge in [-0.1, -0.05) is 36.6 Å². The zero-order chi connectivity index (χ0) is 10.1. The molecule has 2 aromatic rings. The summed E-state index contributed by atoms with van der Waals surface area (Å²) in [4.78, 5) is 0. The Morgan fingerprint density at radius 1 is 1.07 bits per heavy atom. The zero-order valence-electron chi connectivity index (χ0n) is 8.78. The highest BCUT2D eigenvalue weighted by molar-refractivity contribution is 5.80. The van der Waals surface area contributed by atoms with Crippen molar-refractivity contribution in [3.8, 4) is 0 Å².